The van der Waals surface area contributed by atoms with Crippen LogP contribution >= 0.6 is 12.2 Å². The number of aryl methyl sites for hydroxylation is 1. The van der Waals surface area contributed by atoms with Gasteiger partial charge >= 0.3 is 0 Å². The van der Waals surface area contributed by atoms with Crippen LogP contribution in [-0.4, -0.2) is 30.8 Å². The zero-order valence-corrected chi connectivity index (χ0v) is 18.4. The van der Waals surface area contributed by atoms with E-state index in [9.17, 15) is 0 Å². The highest BCUT2D eigenvalue weighted by Crippen LogP contribution is 2.35. The lowest BCUT2D eigenvalue weighted by Gasteiger charge is -2.27. The molecule has 0 amide bonds. The van der Waals surface area contributed by atoms with Gasteiger partial charge in [0, 0.05) is 24.0 Å². The zero-order valence-electron chi connectivity index (χ0n) is 17.6. The number of benzene rings is 1. The number of pyridine rings is 1. The molecule has 0 radical (unpaired) electrons. The van der Waals surface area contributed by atoms with E-state index in [1.165, 1.54) is 11.1 Å². The second-order valence-electron chi connectivity index (χ2n) is 7.86. The molecule has 6 nitrogen and oxygen atoms in total. The van der Waals surface area contributed by atoms with Gasteiger partial charge in [-0.15, -0.1) is 6.42 Å². The van der Waals surface area contributed by atoms with Crippen LogP contribution in [0.2, 0.25) is 0 Å². The molecule has 0 bridgehead atoms. The fraction of sp³-hybridized carbons (Fsp3) is 0.240. The standard InChI is InChI=1S/C25H23N5OS/c1-2-14-28(23-12-11-19-7-3-4-10-22(19)23)18-30-25(32)29(17-21-9-6-15-31-21)24(27-30)20-8-5-13-26-16-20/h1,3-10,13,15-16,23H,11-12,14,17-18H2. The van der Waals surface area contributed by atoms with E-state index < -0.39 is 0 Å². The van der Waals surface area contributed by atoms with E-state index in [1.54, 1.807) is 18.7 Å². The summed E-state index contributed by atoms with van der Waals surface area (Å²) in [6, 6.07) is 16.5. The normalized spacial score (nSPS) is 15.1. The second kappa shape index (κ2) is 8.95. The fourth-order valence-electron chi connectivity index (χ4n) is 4.40. The molecule has 0 saturated heterocycles. The van der Waals surface area contributed by atoms with Gasteiger partial charge in [0.2, 0.25) is 0 Å². The van der Waals surface area contributed by atoms with Crippen LogP contribution in [0.1, 0.15) is 29.3 Å². The first-order valence-corrected chi connectivity index (χ1v) is 11.0. The summed E-state index contributed by atoms with van der Waals surface area (Å²) in [6.45, 7) is 1.53. The summed E-state index contributed by atoms with van der Waals surface area (Å²) >= 11 is 5.86. The van der Waals surface area contributed by atoms with Crippen molar-refractivity contribution in [2.75, 3.05) is 6.54 Å². The molecule has 0 N–H and O–H groups in total. The molecule has 0 spiro atoms. The first-order chi connectivity index (χ1) is 15.7. The van der Waals surface area contributed by atoms with Crippen LogP contribution in [0, 0.1) is 17.1 Å². The molecule has 1 aromatic carbocycles. The smallest absolute Gasteiger partial charge is 0.199 e. The number of fused-ring (bicyclic) bond motifs is 1. The lowest BCUT2D eigenvalue weighted by Crippen LogP contribution is -2.31. The zero-order chi connectivity index (χ0) is 21.9. The van der Waals surface area contributed by atoms with Gasteiger partial charge in [0.05, 0.1) is 26.0 Å². The Labute approximate surface area is 192 Å². The molecule has 1 aliphatic rings. The van der Waals surface area contributed by atoms with Gasteiger partial charge in [0.25, 0.3) is 0 Å². The average Bonchev–Trinajstić information content (AvgIpc) is 3.56. The summed E-state index contributed by atoms with van der Waals surface area (Å²) in [6.07, 6.45) is 13.1. The largest absolute Gasteiger partial charge is 0.467 e. The van der Waals surface area contributed by atoms with Gasteiger partial charge in [-0.3, -0.25) is 14.5 Å². The van der Waals surface area contributed by atoms with E-state index >= 15 is 0 Å². The average molecular weight is 442 g/mol. The molecule has 160 valence electrons. The van der Waals surface area contributed by atoms with Gasteiger partial charge in [0.1, 0.15) is 5.76 Å². The van der Waals surface area contributed by atoms with Crippen molar-refractivity contribution in [2.45, 2.75) is 32.1 Å². The molecule has 4 aromatic rings. The van der Waals surface area contributed by atoms with Crippen molar-refractivity contribution in [3.05, 3.63) is 88.8 Å². The number of furan rings is 1. The Hall–Kier alpha value is -3.47. The topological polar surface area (TPSA) is 52.0 Å². The summed E-state index contributed by atoms with van der Waals surface area (Å²) in [5, 5.41) is 4.89. The second-order valence-corrected chi connectivity index (χ2v) is 8.22. The first kappa shape index (κ1) is 20.4. The predicted molar refractivity (Wildman–Crippen MR) is 125 cm³/mol. The maximum absolute atomic E-state index is 5.86. The Morgan fingerprint density at radius 3 is 2.88 bits per heavy atom. The van der Waals surface area contributed by atoms with Crippen LogP contribution in [0.3, 0.4) is 0 Å². The monoisotopic (exact) mass is 441 g/mol. The number of hydrogen-bond donors (Lipinski definition) is 0. The van der Waals surface area contributed by atoms with Crippen LogP contribution in [0.5, 0.6) is 0 Å². The minimum absolute atomic E-state index is 0.251. The quantitative estimate of drug-likeness (QED) is 0.307. The minimum Gasteiger partial charge on any atom is -0.467 e. The number of nitrogens with zero attached hydrogens (tertiary/aromatic N) is 5. The Bertz CT molecular complexity index is 1300. The van der Waals surface area contributed by atoms with Crippen molar-refractivity contribution in [3.8, 4) is 23.7 Å². The predicted octanol–water partition coefficient (Wildman–Crippen LogP) is 4.70. The third-order valence-electron chi connectivity index (χ3n) is 5.89. The van der Waals surface area contributed by atoms with E-state index in [4.69, 9.17) is 28.2 Å². The molecule has 3 heterocycles. The van der Waals surface area contributed by atoms with Crippen molar-refractivity contribution in [3.63, 3.8) is 0 Å². The summed E-state index contributed by atoms with van der Waals surface area (Å²) in [5.74, 6) is 4.40. The van der Waals surface area contributed by atoms with Crippen LogP contribution in [-0.2, 0) is 19.6 Å². The molecule has 0 aliphatic heterocycles. The van der Waals surface area contributed by atoms with Gasteiger partial charge in [-0.2, -0.15) is 5.10 Å². The highest BCUT2D eigenvalue weighted by atomic mass is 32.1. The van der Waals surface area contributed by atoms with Gasteiger partial charge < -0.3 is 4.42 Å². The number of aromatic nitrogens is 4. The Morgan fingerprint density at radius 1 is 1.19 bits per heavy atom. The van der Waals surface area contributed by atoms with E-state index in [0.717, 1.165) is 30.0 Å². The molecule has 0 fully saturated rings. The van der Waals surface area contributed by atoms with Crippen molar-refractivity contribution >= 4 is 12.2 Å². The lowest BCUT2D eigenvalue weighted by molar-refractivity contribution is 0.162. The lowest BCUT2D eigenvalue weighted by atomic mass is 10.1. The molecule has 0 saturated carbocycles. The van der Waals surface area contributed by atoms with Crippen LogP contribution < -0.4 is 0 Å². The van der Waals surface area contributed by atoms with Crippen molar-refractivity contribution in [2.24, 2.45) is 0 Å². The molecule has 3 aromatic heterocycles. The third-order valence-corrected chi connectivity index (χ3v) is 6.32. The Balaban J connectivity index is 1.52. The Morgan fingerprint density at radius 2 is 2.09 bits per heavy atom. The van der Waals surface area contributed by atoms with Gasteiger partial charge in [-0.25, -0.2) is 4.68 Å². The van der Waals surface area contributed by atoms with Gasteiger partial charge in [0.15, 0.2) is 10.6 Å². The highest BCUT2D eigenvalue weighted by molar-refractivity contribution is 7.71. The highest BCUT2D eigenvalue weighted by Gasteiger charge is 2.28. The van der Waals surface area contributed by atoms with Crippen molar-refractivity contribution in [1.29, 1.82) is 0 Å². The number of hydrogen-bond acceptors (Lipinski definition) is 5. The summed E-state index contributed by atoms with van der Waals surface area (Å²) in [4.78, 5) is 6.54. The molecule has 1 atom stereocenters. The molecule has 1 unspecified atom stereocenters. The Kier molecular flexibility index (Phi) is 5.71. The summed E-state index contributed by atoms with van der Waals surface area (Å²) < 4.78 is 10.0. The maximum atomic E-state index is 5.86. The molecular weight excluding hydrogens is 418 g/mol. The first-order valence-electron chi connectivity index (χ1n) is 10.6. The van der Waals surface area contributed by atoms with E-state index in [0.29, 0.717) is 24.5 Å². The molecule has 32 heavy (non-hydrogen) atoms. The van der Waals surface area contributed by atoms with Gasteiger partial charge in [-0.1, -0.05) is 30.2 Å². The third kappa shape index (κ3) is 3.91. The maximum Gasteiger partial charge on any atom is 0.199 e. The van der Waals surface area contributed by atoms with E-state index in [-0.39, 0.29) is 6.04 Å². The molecule has 7 heteroatoms. The van der Waals surface area contributed by atoms with Crippen LogP contribution in [0.4, 0.5) is 0 Å². The van der Waals surface area contributed by atoms with Crippen LogP contribution in [0.25, 0.3) is 11.4 Å². The molecular formula is C25H23N5OS. The van der Waals surface area contributed by atoms with E-state index in [1.807, 2.05) is 33.5 Å². The minimum atomic E-state index is 0.251. The van der Waals surface area contributed by atoms with Crippen molar-refractivity contribution < 1.29 is 4.42 Å². The SMILES string of the molecule is C#CCN(Cn1nc(-c2cccnc2)n(Cc2ccco2)c1=S)C1CCc2ccccc21. The van der Waals surface area contributed by atoms with Crippen LogP contribution in [0.15, 0.2) is 71.6 Å². The fourth-order valence-corrected chi connectivity index (χ4v) is 4.65. The summed E-state index contributed by atoms with van der Waals surface area (Å²) in [5.41, 5.74) is 3.64. The number of rotatable bonds is 7. The van der Waals surface area contributed by atoms with Gasteiger partial charge in [-0.05, 0) is 60.5 Å². The van der Waals surface area contributed by atoms with Crippen molar-refractivity contribution in [1.82, 2.24) is 24.2 Å². The summed E-state index contributed by atoms with van der Waals surface area (Å²) in [7, 11) is 0. The molecule has 1 aliphatic carbocycles. The number of terminal acetylenes is 1. The molecule has 5 rings (SSSR count). The van der Waals surface area contributed by atoms with E-state index in [2.05, 4.69) is 40.1 Å².